The topological polar surface area (TPSA) is 52.6 Å². The highest BCUT2D eigenvalue weighted by molar-refractivity contribution is 5.80. The molecule has 0 spiro atoms. The maximum absolute atomic E-state index is 12.0. The summed E-state index contributed by atoms with van der Waals surface area (Å²) in [5.41, 5.74) is -0.721. The van der Waals surface area contributed by atoms with Gasteiger partial charge in [-0.15, -0.1) is 0 Å². The van der Waals surface area contributed by atoms with E-state index in [0.717, 1.165) is 32.4 Å². The first-order chi connectivity index (χ1) is 9.51. The molecule has 0 aromatic carbocycles. The van der Waals surface area contributed by atoms with Gasteiger partial charge in [0, 0.05) is 12.6 Å². The van der Waals surface area contributed by atoms with Crippen LogP contribution in [0.2, 0.25) is 0 Å². The van der Waals surface area contributed by atoms with Crippen LogP contribution in [0.25, 0.3) is 0 Å². The Labute approximate surface area is 122 Å². The summed E-state index contributed by atoms with van der Waals surface area (Å²) < 4.78 is 0. The molecule has 1 saturated heterocycles. The van der Waals surface area contributed by atoms with Gasteiger partial charge in [-0.05, 0) is 64.0 Å². The lowest BCUT2D eigenvalue weighted by molar-refractivity contribution is -0.147. The highest BCUT2D eigenvalue weighted by atomic mass is 16.4. The Morgan fingerprint density at radius 1 is 1.35 bits per heavy atom. The standard InChI is InChI=1S/C16H30N2O2/c1-4-9-17-16(15(19)20,14-7-8-14)11-18-10-5-6-12(2)13(18)3/h12-14,17H,4-11H2,1-3H3,(H,19,20). The fraction of sp³-hybridized carbons (Fsp3) is 0.938. The Bertz CT molecular complexity index is 343. The van der Waals surface area contributed by atoms with E-state index in [-0.39, 0.29) is 0 Å². The van der Waals surface area contributed by atoms with E-state index >= 15 is 0 Å². The molecule has 1 aliphatic carbocycles. The van der Waals surface area contributed by atoms with E-state index in [1.54, 1.807) is 0 Å². The molecule has 2 rings (SSSR count). The third kappa shape index (κ3) is 3.17. The van der Waals surface area contributed by atoms with Gasteiger partial charge in [0.1, 0.15) is 5.54 Å². The number of carboxylic acid groups (broad SMARTS) is 1. The molecular formula is C16H30N2O2. The van der Waals surface area contributed by atoms with Gasteiger partial charge in [0.25, 0.3) is 0 Å². The minimum atomic E-state index is -0.721. The van der Waals surface area contributed by atoms with Crippen molar-refractivity contribution in [2.75, 3.05) is 19.6 Å². The lowest BCUT2D eigenvalue weighted by Gasteiger charge is -2.43. The molecule has 1 heterocycles. The van der Waals surface area contributed by atoms with Gasteiger partial charge in [-0.2, -0.15) is 0 Å². The van der Waals surface area contributed by atoms with Gasteiger partial charge in [-0.25, -0.2) is 0 Å². The van der Waals surface area contributed by atoms with E-state index < -0.39 is 11.5 Å². The van der Waals surface area contributed by atoms with Crippen molar-refractivity contribution in [3.05, 3.63) is 0 Å². The van der Waals surface area contributed by atoms with E-state index in [4.69, 9.17) is 0 Å². The lowest BCUT2D eigenvalue weighted by Crippen LogP contribution is -2.63. The fourth-order valence-electron chi connectivity index (χ4n) is 3.54. The van der Waals surface area contributed by atoms with Crippen LogP contribution in [0, 0.1) is 11.8 Å². The largest absolute Gasteiger partial charge is 0.480 e. The number of nitrogens with one attached hydrogen (secondary N) is 1. The SMILES string of the molecule is CCCNC(CN1CCCC(C)C1C)(C(=O)O)C1CC1. The minimum absolute atomic E-state index is 0.316. The number of hydrogen-bond donors (Lipinski definition) is 2. The zero-order chi connectivity index (χ0) is 14.8. The van der Waals surface area contributed by atoms with Crippen LogP contribution in [-0.4, -0.2) is 47.2 Å². The van der Waals surface area contributed by atoms with Gasteiger partial charge in [0.2, 0.25) is 0 Å². The molecule has 2 aliphatic rings. The number of rotatable bonds is 7. The smallest absolute Gasteiger partial charge is 0.325 e. The summed E-state index contributed by atoms with van der Waals surface area (Å²) in [7, 11) is 0. The Hall–Kier alpha value is -0.610. The summed E-state index contributed by atoms with van der Waals surface area (Å²) in [6.45, 7) is 9.14. The Morgan fingerprint density at radius 3 is 2.60 bits per heavy atom. The van der Waals surface area contributed by atoms with Gasteiger partial charge in [-0.3, -0.25) is 9.69 Å². The van der Waals surface area contributed by atoms with Gasteiger partial charge in [0.05, 0.1) is 0 Å². The second kappa shape index (κ2) is 6.44. The summed E-state index contributed by atoms with van der Waals surface area (Å²) in [4.78, 5) is 14.4. The molecule has 0 bridgehead atoms. The van der Waals surface area contributed by atoms with E-state index in [1.807, 2.05) is 0 Å². The molecule has 2 fully saturated rings. The van der Waals surface area contributed by atoms with E-state index in [2.05, 4.69) is 31.0 Å². The first-order valence-corrected chi connectivity index (χ1v) is 8.23. The molecule has 1 saturated carbocycles. The van der Waals surface area contributed by atoms with E-state index in [0.29, 0.717) is 24.4 Å². The van der Waals surface area contributed by atoms with Gasteiger partial charge >= 0.3 is 5.97 Å². The van der Waals surface area contributed by atoms with Crippen LogP contribution >= 0.6 is 0 Å². The molecule has 2 N–H and O–H groups in total. The van der Waals surface area contributed by atoms with Gasteiger partial charge in [0.15, 0.2) is 0 Å². The molecule has 3 atom stereocenters. The van der Waals surface area contributed by atoms with Crippen molar-refractivity contribution >= 4 is 5.97 Å². The number of aliphatic carboxylic acids is 1. The third-order valence-corrected chi connectivity index (χ3v) is 5.30. The molecule has 0 aromatic rings. The average molecular weight is 282 g/mol. The van der Waals surface area contributed by atoms with Crippen LogP contribution in [0.3, 0.4) is 0 Å². The minimum Gasteiger partial charge on any atom is -0.480 e. The average Bonchev–Trinajstić information content (AvgIpc) is 3.24. The molecule has 20 heavy (non-hydrogen) atoms. The predicted molar refractivity (Wildman–Crippen MR) is 80.8 cm³/mol. The van der Waals surface area contributed by atoms with Crippen LogP contribution in [0.4, 0.5) is 0 Å². The molecule has 116 valence electrons. The Morgan fingerprint density at radius 2 is 2.05 bits per heavy atom. The van der Waals surface area contributed by atoms with E-state index in [9.17, 15) is 9.90 Å². The second-order valence-corrected chi connectivity index (χ2v) is 6.81. The van der Waals surface area contributed by atoms with Crippen LogP contribution in [0.15, 0.2) is 0 Å². The molecule has 0 amide bonds. The van der Waals surface area contributed by atoms with Crippen molar-refractivity contribution in [1.82, 2.24) is 10.2 Å². The molecule has 4 nitrogen and oxygen atoms in total. The molecule has 1 aliphatic heterocycles. The Balaban J connectivity index is 2.11. The summed E-state index contributed by atoms with van der Waals surface area (Å²) in [5, 5.41) is 13.2. The normalized spacial score (nSPS) is 30.9. The number of carboxylic acids is 1. The van der Waals surface area contributed by atoms with Crippen LogP contribution in [0.1, 0.15) is 52.9 Å². The highest BCUT2D eigenvalue weighted by Crippen LogP contribution is 2.41. The Kier molecular flexibility index (Phi) is 5.08. The van der Waals surface area contributed by atoms with Gasteiger partial charge in [-0.1, -0.05) is 13.8 Å². The predicted octanol–water partition coefficient (Wildman–Crippen LogP) is 2.34. The quantitative estimate of drug-likeness (QED) is 0.752. The van der Waals surface area contributed by atoms with Crippen LogP contribution in [0.5, 0.6) is 0 Å². The summed E-state index contributed by atoms with van der Waals surface area (Å²) in [5.74, 6) is 0.329. The molecule has 3 unspecified atom stereocenters. The number of hydrogen-bond acceptors (Lipinski definition) is 3. The lowest BCUT2D eigenvalue weighted by atomic mass is 9.87. The van der Waals surface area contributed by atoms with Crippen molar-refractivity contribution in [1.29, 1.82) is 0 Å². The fourth-order valence-corrected chi connectivity index (χ4v) is 3.54. The van der Waals surface area contributed by atoms with E-state index in [1.165, 1.54) is 12.8 Å². The number of nitrogens with zero attached hydrogens (tertiary/aromatic N) is 1. The van der Waals surface area contributed by atoms with Crippen molar-refractivity contribution in [3.63, 3.8) is 0 Å². The highest BCUT2D eigenvalue weighted by Gasteiger charge is 2.52. The van der Waals surface area contributed by atoms with Crippen molar-refractivity contribution in [3.8, 4) is 0 Å². The monoisotopic (exact) mass is 282 g/mol. The first kappa shape index (κ1) is 15.8. The first-order valence-electron chi connectivity index (χ1n) is 8.23. The third-order valence-electron chi connectivity index (χ3n) is 5.30. The zero-order valence-corrected chi connectivity index (χ0v) is 13.2. The maximum Gasteiger partial charge on any atom is 0.325 e. The van der Waals surface area contributed by atoms with Crippen LogP contribution in [-0.2, 0) is 4.79 Å². The molecule has 0 aromatic heterocycles. The van der Waals surface area contributed by atoms with Crippen molar-refractivity contribution < 1.29 is 9.90 Å². The molecular weight excluding hydrogens is 252 g/mol. The number of likely N-dealkylation sites (tertiary alicyclic amines) is 1. The number of carbonyl (C=O) groups is 1. The van der Waals surface area contributed by atoms with Crippen molar-refractivity contribution in [2.45, 2.75) is 64.5 Å². The zero-order valence-electron chi connectivity index (χ0n) is 13.2. The maximum atomic E-state index is 12.0. The molecule has 0 radical (unpaired) electrons. The van der Waals surface area contributed by atoms with Crippen LogP contribution < -0.4 is 5.32 Å². The van der Waals surface area contributed by atoms with Crippen molar-refractivity contribution in [2.24, 2.45) is 11.8 Å². The summed E-state index contributed by atoms with van der Waals surface area (Å²) >= 11 is 0. The van der Waals surface area contributed by atoms with Gasteiger partial charge < -0.3 is 10.4 Å². The molecule has 4 heteroatoms. The number of piperidine rings is 1. The summed E-state index contributed by atoms with van der Waals surface area (Å²) in [6.07, 6.45) is 5.55. The second-order valence-electron chi connectivity index (χ2n) is 6.81. The summed E-state index contributed by atoms with van der Waals surface area (Å²) in [6, 6.07) is 0.490.